The quantitative estimate of drug-likeness (QED) is 0.653. The molecule has 1 unspecified atom stereocenters. The summed E-state index contributed by atoms with van der Waals surface area (Å²) in [7, 11) is 2.08. The Bertz CT molecular complexity index is 400. The topological polar surface area (TPSA) is 54.2 Å². The predicted octanol–water partition coefficient (Wildman–Crippen LogP) is 2.89. The summed E-state index contributed by atoms with van der Waals surface area (Å²) in [6.07, 6.45) is 0. The highest BCUT2D eigenvalue weighted by Gasteiger charge is 2.24. The summed E-state index contributed by atoms with van der Waals surface area (Å²) in [5.41, 5.74) is 3.59. The van der Waals surface area contributed by atoms with Gasteiger partial charge in [0.1, 0.15) is 5.82 Å². The van der Waals surface area contributed by atoms with Gasteiger partial charge in [0, 0.05) is 12.6 Å². The maximum absolute atomic E-state index is 6.16. The van der Waals surface area contributed by atoms with Crippen molar-refractivity contribution in [3.63, 3.8) is 0 Å². The average Bonchev–Trinajstić information content (AvgIpc) is 2.29. The number of hydrogen-bond acceptors (Lipinski definition) is 4. The Labute approximate surface area is 114 Å². The summed E-state index contributed by atoms with van der Waals surface area (Å²) in [6, 6.07) is 4.00. The molecule has 18 heavy (non-hydrogen) atoms. The van der Waals surface area contributed by atoms with E-state index in [0.29, 0.717) is 23.4 Å². The molecule has 0 bridgehead atoms. The van der Waals surface area contributed by atoms with E-state index in [4.69, 9.17) is 17.4 Å². The first-order valence-corrected chi connectivity index (χ1v) is 6.45. The van der Waals surface area contributed by atoms with E-state index < -0.39 is 0 Å². The van der Waals surface area contributed by atoms with E-state index in [-0.39, 0.29) is 5.41 Å². The zero-order valence-corrected chi connectivity index (χ0v) is 12.5. The van der Waals surface area contributed by atoms with Gasteiger partial charge in [0.15, 0.2) is 0 Å². The van der Waals surface area contributed by atoms with E-state index in [9.17, 15) is 0 Å². The smallest absolute Gasteiger partial charge is 0.140 e. The highest BCUT2D eigenvalue weighted by atomic mass is 35.5. The van der Waals surface area contributed by atoms with Crippen LogP contribution in [0.25, 0.3) is 0 Å². The van der Waals surface area contributed by atoms with Crippen molar-refractivity contribution in [3.8, 4) is 0 Å². The van der Waals surface area contributed by atoms with E-state index in [0.717, 1.165) is 5.69 Å². The summed E-state index contributed by atoms with van der Waals surface area (Å²) in [5.74, 6) is 5.99. The minimum absolute atomic E-state index is 0.213. The molecule has 0 saturated heterocycles. The fraction of sp³-hybridized carbons (Fsp3) is 0.615. The van der Waals surface area contributed by atoms with Gasteiger partial charge in [-0.1, -0.05) is 32.4 Å². The summed E-state index contributed by atoms with van der Waals surface area (Å²) in [6.45, 7) is 9.58. The summed E-state index contributed by atoms with van der Waals surface area (Å²) < 4.78 is 0. The van der Waals surface area contributed by atoms with E-state index in [1.807, 2.05) is 6.07 Å². The Morgan fingerprint density at radius 2 is 2.06 bits per heavy atom. The second-order valence-corrected chi connectivity index (χ2v) is 6.13. The SMILES string of the molecule is CC(N(C)Cc1nc(NN)ccc1Cl)C(C)(C)C. The number of hydrogen-bond donors (Lipinski definition) is 2. The van der Waals surface area contributed by atoms with Crippen molar-refractivity contribution in [1.82, 2.24) is 9.88 Å². The molecule has 0 aliphatic carbocycles. The fourth-order valence-corrected chi connectivity index (χ4v) is 1.87. The summed E-state index contributed by atoms with van der Waals surface area (Å²) >= 11 is 6.16. The minimum atomic E-state index is 0.213. The van der Waals surface area contributed by atoms with Gasteiger partial charge >= 0.3 is 0 Å². The predicted molar refractivity (Wildman–Crippen MR) is 77.4 cm³/mol. The molecule has 1 rings (SSSR count). The van der Waals surface area contributed by atoms with Crippen LogP contribution >= 0.6 is 11.6 Å². The van der Waals surface area contributed by atoms with Gasteiger partial charge in [-0.05, 0) is 31.5 Å². The molecule has 1 aromatic heterocycles. The van der Waals surface area contributed by atoms with Crippen molar-refractivity contribution in [2.24, 2.45) is 11.3 Å². The Hall–Kier alpha value is -0.840. The van der Waals surface area contributed by atoms with Crippen LogP contribution < -0.4 is 11.3 Å². The maximum atomic E-state index is 6.16. The number of nitrogens with two attached hydrogens (primary N) is 1. The molecule has 0 fully saturated rings. The second-order valence-electron chi connectivity index (χ2n) is 5.73. The number of nitrogens with one attached hydrogen (secondary N) is 1. The van der Waals surface area contributed by atoms with Crippen LogP contribution in [0, 0.1) is 5.41 Å². The Kier molecular flexibility index (Phi) is 4.96. The first kappa shape index (κ1) is 15.2. The van der Waals surface area contributed by atoms with E-state index in [1.54, 1.807) is 6.07 Å². The second kappa shape index (κ2) is 5.87. The molecule has 1 atom stereocenters. The summed E-state index contributed by atoms with van der Waals surface area (Å²) in [5, 5.41) is 0.668. The lowest BCUT2D eigenvalue weighted by Crippen LogP contribution is -2.39. The molecule has 102 valence electrons. The van der Waals surface area contributed by atoms with Crippen LogP contribution in [0.4, 0.5) is 5.82 Å². The first-order chi connectivity index (χ1) is 8.25. The molecule has 0 aliphatic heterocycles. The van der Waals surface area contributed by atoms with Crippen LogP contribution in [-0.4, -0.2) is 23.0 Å². The summed E-state index contributed by atoms with van der Waals surface area (Å²) in [4.78, 5) is 6.63. The van der Waals surface area contributed by atoms with E-state index >= 15 is 0 Å². The Morgan fingerprint density at radius 3 is 2.56 bits per heavy atom. The van der Waals surface area contributed by atoms with Gasteiger partial charge in [-0.2, -0.15) is 0 Å². The molecule has 3 N–H and O–H groups in total. The number of pyridine rings is 1. The lowest BCUT2D eigenvalue weighted by atomic mass is 9.87. The van der Waals surface area contributed by atoms with Crippen LogP contribution in [0.2, 0.25) is 5.02 Å². The van der Waals surface area contributed by atoms with Crippen molar-refractivity contribution in [1.29, 1.82) is 0 Å². The van der Waals surface area contributed by atoms with Crippen molar-refractivity contribution in [3.05, 3.63) is 22.8 Å². The maximum Gasteiger partial charge on any atom is 0.140 e. The molecular formula is C13H23ClN4. The minimum Gasteiger partial charge on any atom is -0.308 e. The van der Waals surface area contributed by atoms with Gasteiger partial charge in [-0.25, -0.2) is 10.8 Å². The molecule has 0 aromatic carbocycles. The molecule has 1 aromatic rings. The van der Waals surface area contributed by atoms with Gasteiger partial charge in [0.05, 0.1) is 10.7 Å². The fourth-order valence-electron chi connectivity index (χ4n) is 1.71. The van der Waals surface area contributed by atoms with Crippen molar-refractivity contribution in [2.45, 2.75) is 40.3 Å². The molecule has 0 radical (unpaired) electrons. The van der Waals surface area contributed by atoms with Gasteiger partial charge in [0.2, 0.25) is 0 Å². The van der Waals surface area contributed by atoms with Crippen LogP contribution in [0.3, 0.4) is 0 Å². The van der Waals surface area contributed by atoms with E-state index in [2.05, 4.69) is 50.1 Å². The molecule has 4 nitrogen and oxygen atoms in total. The van der Waals surface area contributed by atoms with Crippen LogP contribution in [0.5, 0.6) is 0 Å². The highest BCUT2D eigenvalue weighted by Crippen LogP contribution is 2.25. The lowest BCUT2D eigenvalue weighted by Gasteiger charge is -2.35. The normalized spacial score (nSPS) is 13.8. The molecular weight excluding hydrogens is 248 g/mol. The van der Waals surface area contributed by atoms with Crippen LogP contribution in [-0.2, 0) is 6.54 Å². The standard InChI is InChI=1S/C13H23ClN4/c1-9(13(2,3)4)18(5)8-11-10(14)6-7-12(16-11)17-15/h6-7,9H,8,15H2,1-5H3,(H,16,17). The van der Waals surface area contributed by atoms with Crippen LogP contribution in [0.1, 0.15) is 33.4 Å². The van der Waals surface area contributed by atoms with Gasteiger partial charge in [-0.15, -0.1) is 0 Å². The van der Waals surface area contributed by atoms with Gasteiger partial charge in [-0.3, -0.25) is 4.90 Å². The third kappa shape index (κ3) is 3.83. The number of nitrogen functional groups attached to an aromatic ring is 1. The van der Waals surface area contributed by atoms with Gasteiger partial charge < -0.3 is 5.43 Å². The third-order valence-corrected chi connectivity index (χ3v) is 3.72. The number of rotatable bonds is 4. The van der Waals surface area contributed by atoms with Crippen molar-refractivity contribution >= 4 is 17.4 Å². The highest BCUT2D eigenvalue weighted by molar-refractivity contribution is 6.31. The Balaban J connectivity index is 2.84. The zero-order valence-electron chi connectivity index (χ0n) is 11.8. The Morgan fingerprint density at radius 1 is 1.44 bits per heavy atom. The monoisotopic (exact) mass is 270 g/mol. The molecule has 0 saturated carbocycles. The lowest BCUT2D eigenvalue weighted by molar-refractivity contribution is 0.133. The number of hydrazine groups is 1. The van der Waals surface area contributed by atoms with E-state index in [1.165, 1.54) is 0 Å². The zero-order chi connectivity index (χ0) is 13.9. The number of halogens is 1. The number of anilines is 1. The molecule has 0 spiro atoms. The molecule has 5 heteroatoms. The van der Waals surface area contributed by atoms with Crippen molar-refractivity contribution in [2.75, 3.05) is 12.5 Å². The average molecular weight is 271 g/mol. The first-order valence-electron chi connectivity index (χ1n) is 6.08. The van der Waals surface area contributed by atoms with Crippen LogP contribution in [0.15, 0.2) is 12.1 Å². The number of aromatic nitrogens is 1. The largest absolute Gasteiger partial charge is 0.308 e. The molecule has 0 amide bonds. The van der Waals surface area contributed by atoms with Gasteiger partial charge in [0.25, 0.3) is 0 Å². The molecule has 1 heterocycles. The molecule has 0 aliphatic rings. The number of nitrogens with zero attached hydrogens (tertiary/aromatic N) is 2. The van der Waals surface area contributed by atoms with Crippen molar-refractivity contribution < 1.29 is 0 Å². The third-order valence-electron chi connectivity index (χ3n) is 3.38.